The predicted octanol–water partition coefficient (Wildman–Crippen LogP) is 5.82. The maximum atomic E-state index is 5.83. The third kappa shape index (κ3) is 5.61. The lowest BCUT2D eigenvalue weighted by Gasteiger charge is -2.40. The molecule has 5 heteroatoms. The molecule has 0 saturated carbocycles. The zero-order valence-corrected chi connectivity index (χ0v) is 16.6. The maximum absolute atomic E-state index is 5.83. The monoisotopic (exact) mass is 438 g/mol. The van der Waals surface area contributed by atoms with E-state index in [0.717, 1.165) is 32.8 Å². The molecule has 0 unspecified atom stereocenters. The molecule has 0 radical (unpaired) electrons. The zero-order valence-electron chi connectivity index (χ0n) is 12.6. The summed E-state index contributed by atoms with van der Waals surface area (Å²) in [5, 5.41) is 0. The van der Waals surface area contributed by atoms with Crippen LogP contribution in [0.3, 0.4) is 0 Å². The Morgan fingerprint density at radius 3 is 2.57 bits per heavy atom. The molecule has 1 aromatic heterocycles. The lowest BCUT2D eigenvalue weighted by Crippen LogP contribution is -2.45. The third-order valence-electron chi connectivity index (χ3n) is 4.19. The Morgan fingerprint density at radius 1 is 1.24 bits per heavy atom. The first-order valence-electron chi connectivity index (χ1n) is 7.74. The standard InChI is InChI=1S/C16H24Br2O2S/c1-2-16(11-20-12-16)10-19-8-6-4-3-5-7-13-9-14(17)21-15(13)18/h9H,2-8,10-12H2,1H3. The summed E-state index contributed by atoms with van der Waals surface area (Å²) in [6, 6.07) is 2.22. The molecule has 0 bridgehead atoms. The lowest BCUT2D eigenvalue weighted by molar-refractivity contribution is -0.150. The lowest BCUT2D eigenvalue weighted by atomic mass is 9.84. The van der Waals surface area contributed by atoms with E-state index >= 15 is 0 Å². The molecule has 0 N–H and O–H groups in total. The Labute approximate surface area is 148 Å². The summed E-state index contributed by atoms with van der Waals surface area (Å²) in [7, 11) is 0. The first kappa shape index (κ1) is 17.9. The summed E-state index contributed by atoms with van der Waals surface area (Å²) in [5.41, 5.74) is 1.76. The summed E-state index contributed by atoms with van der Waals surface area (Å²) in [5.74, 6) is 0. The molecule has 0 aromatic carbocycles. The van der Waals surface area contributed by atoms with E-state index in [2.05, 4.69) is 44.8 Å². The van der Waals surface area contributed by atoms with Gasteiger partial charge in [0.25, 0.3) is 0 Å². The molecule has 120 valence electrons. The second-order valence-corrected chi connectivity index (χ2v) is 9.66. The smallest absolute Gasteiger partial charge is 0.0742 e. The quantitative estimate of drug-likeness (QED) is 0.427. The normalized spacial score (nSPS) is 16.9. The van der Waals surface area contributed by atoms with Crippen molar-refractivity contribution in [1.29, 1.82) is 0 Å². The highest BCUT2D eigenvalue weighted by atomic mass is 79.9. The Bertz CT molecular complexity index is 424. The molecule has 2 heterocycles. The molecule has 0 spiro atoms. The molecule has 1 aliphatic rings. The number of thiophene rings is 1. The molecule has 2 rings (SSSR count). The summed E-state index contributed by atoms with van der Waals surface area (Å²) in [4.78, 5) is 0. The van der Waals surface area contributed by atoms with Crippen LogP contribution in [0.15, 0.2) is 13.6 Å². The number of aryl methyl sites for hydroxylation is 1. The van der Waals surface area contributed by atoms with Crippen molar-refractivity contribution in [3.63, 3.8) is 0 Å². The summed E-state index contributed by atoms with van der Waals surface area (Å²) in [6.07, 6.45) is 7.31. The molecule has 1 aromatic rings. The average molecular weight is 440 g/mol. The van der Waals surface area contributed by atoms with Gasteiger partial charge in [-0.15, -0.1) is 11.3 Å². The highest BCUT2D eigenvalue weighted by Crippen LogP contribution is 2.33. The van der Waals surface area contributed by atoms with Crippen molar-refractivity contribution in [3.05, 3.63) is 19.2 Å². The number of hydrogen-bond acceptors (Lipinski definition) is 3. The Kier molecular flexibility index (Phi) is 7.70. The summed E-state index contributed by atoms with van der Waals surface area (Å²) >= 11 is 8.91. The second-order valence-electron chi connectivity index (χ2n) is 5.91. The molecular weight excluding hydrogens is 416 g/mol. The summed E-state index contributed by atoms with van der Waals surface area (Å²) < 4.78 is 13.6. The SMILES string of the molecule is CCC1(COCCCCCCc2cc(Br)sc2Br)COC1. The van der Waals surface area contributed by atoms with Crippen LogP contribution in [0.1, 0.15) is 44.6 Å². The van der Waals surface area contributed by atoms with E-state index in [1.54, 1.807) is 11.3 Å². The van der Waals surface area contributed by atoms with Crippen LogP contribution >= 0.6 is 43.2 Å². The van der Waals surface area contributed by atoms with Gasteiger partial charge in [0.15, 0.2) is 0 Å². The molecule has 1 fully saturated rings. The minimum Gasteiger partial charge on any atom is -0.381 e. The van der Waals surface area contributed by atoms with Gasteiger partial charge in [0.1, 0.15) is 0 Å². The Morgan fingerprint density at radius 2 is 2.00 bits per heavy atom. The van der Waals surface area contributed by atoms with Crippen LogP contribution in [0, 0.1) is 5.41 Å². The maximum Gasteiger partial charge on any atom is 0.0742 e. The topological polar surface area (TPSA) is 18.5 Å². The van der Waals surface area contributed by atoms with E-state index in [0.29, 0.717) is 5.41 Å². The first-order chi connectivity index (χ1) is 10.2. The van der Waals surface area contributed by atoms with E-state index < -0.39 is 0 Å². The van der Waals surface area contributed by atoms with Crippen LogP contribution in [0.4, 0.5) is 0 Å². The second kappa shape index (κ2) is 9.02. The fourth-order valence-electron chi connectivity index (χ4n) is 2.49. The fraction of sp³-hybridized carbons (Fsp3) is 0.750. The van der Waals surface area contributed by atoms with E-state index in [4.69, 9.17) is 9.47 Å². The summed E-state index contributed by atoms with van der Waals surface area (Å²) in [6.45, 7) is 5.77. The van der Waals surface area contributed by atoms with Gasteiger partial charge < -0.3 is 9.47 Å². The van der Waals surface area contributed by atoms with Crippen molar-refractivity contribution in [2.75, 3.05) is 26.4 Å². The predicted molar refractivity (Wildman–Crippen MR) is 96.3 cm³/mol. The molecule has 0 aliphatic carbocycles. The largest absolute Gasteiger partial charge is 0.381 e. The van der Waals surface area contributed by atoms with Gasteiger partial charge in [-0.25, -0.2) is 0 Å². The number of ether oxygens (including phenoxy) is 2. The number of rotatable bonds is 10. The van der Waals surface area contributed by atoms with Gasteiger partial charge in [0.05, 0.1) is 27.4 Å². The third-order valence-corrected chi connectivity index (χ3v) is 6.65. The number of halogens is 2. The van der Waals surface area contributed by atoms with Crippen molar-refractivity contribution >= 4 is 43.2 Å². The highest BCUT2D eigenvalue weighted by Gasteiger charge is 2.36. The minimum absolute atomic E-state index is 0.332. The molecule has 0 amide bonds. The van der Waals surface area contributed by atoms with Crippen molar-refractivity contribution in [1.82, 2.24) is 0 Å². The molecule has 0 atom stereocenters. The van der Waals surface area contributed by atoms with E-state index in [1.807, 2.05) is 0 Å². The van der Waals surface area contributed by atoms with Crippen LogP contribution in [0.5, 0.6) is 0 Å². The van der Waals surface area contributed by atoms with Crippen LogP contribution in [0.2, 0.25) is 0 Å². The van der Waals surface area contributed by atoms with Gasteiger partial charge in [-0.1, -0.05) is 19.8 Å². The average Bonchev–Trinajstić information content (AvgIpc) is 2.74. The molecule has 2 nitrogen and oxygen atoms in total. The van der Waals surface area contributed by atoms with Gasteiger partial charge >= 0.3 is 0 Å². The van der Waals surface area contributed by atoms with Gasteiger partial charge in [0, 0.05) is 12.0 Å². The van der Waals surface area contributed by atoms with Crippen molar-refractivity contribution in [3.8, 4) is 0 Å². The van der Waals surface area contributed by atoms with Crippen molar-refractivity contribution in [2.45, 2.75) is 45.4 Å². The van der Waals surface area contributed by atoms with E-state index in [1.165, 1.54) is 45.2 Å². The van der Waals surface area contributed by atoms with Gasteiger partial charge in [-0.3, -0.25) is 0 Å². The zero-order chi connectivity index (χ0) is 15.1. The van der Waals surface area contributed by atoms with Gasteiger partial charge in [0.2, 0.25) is 0 Å². The Balaban J connectivity index is 1.46. The molecule has 1 saturated heterocycles. The van der Waals surface area contributed by atoms with Gasteiger partial charge in [-0.05, 0) is 69.2 Å². The van der Waals surface area contributed by atoms with E-state index in [9.17, 15) is 0 Å². The van der Waals surface area contributed by atoms with Crippen molar-refractivity contribution < 1.29 is 9.47 Å². The molecule has 1 aliphatic heterocycles. The fourth-order valence-corrected chi connectivity index (χ4v) is 5.40. The number of hydrogen-bond donors (Lipinski definition) is 0. The van der Waals surface area contributed by atoms with E-state index in [-0.39, 0.29) is 0 Å². The first-order valence-corrected chi connectivity index (χ1v) is 10.1. The molecule has 21 heavy (non-hydrogen) atoms. The van der Waals surface area contributed by atoms with Crippen LogP contribution in [0.25, 0.3) is 0 Å². The minimum atomic E-state index is 0.332. The molecular formula is C16H24Br2O2S. The number of unbranched alkanes of at least 4 members (excludes halogenated alkanes) is 3. The van der Waals surface area contributed by atoms with Crippen LogP contribution in [-0.2, 0) is 15.9 Å². The highest BCUT2D eigenvalue weighted by molar-refractivity contribution is 9.12. The van der Waals surface area contributed by atoms with Crippen LogP contribution < -0.4 is 0 Å². The van der Waals surface area contributed by atoms with Gasteiger partial charge in [-0.2, -0.15) is 0 Å². The van der Waals surface area contributed by atoms with Crippen molar-refractivity contribution in [2.24, 2.45) is 5.41 Å². The Hall–Kier alpha value is 0.580. The van der Waals surface area contributed by atoms with Crippen LogP contribution in [-0.4, -0.2) is 26.4 Å².